The average molecular weight is 376 g/mol. The molecule has 5 aliphatic rings. The first kappa shape index (κ1) is 18.9. The molecule has 27 heavy (non-hydrogen) atoms. The summed E-state index contributed by atoms with van der Waals surface area (Å²) in [6.07, 6.45) is 4.44. The predicted molar refractivity (Wildman–Crippen MR) is 98.4 cm³/mol. The highest BCUT2D eigenvalue weighted by Gasteiger charge is 2.65. The van der Waals surface area contributed by atoms with E-state index in [9.17, 15) is 14.4 Å². The number of esters is 2. The van der Waals surface area contributed by atoms with Gasteiger partial charge in [-0.3, -0.25) is 14.4 Å². The van der Waals surface area contributed by atoms with Crippen molar-refractivity contribution < 1.29 is 24.2 Å². The number of ether oxygens (including phenoxy) is 1. The maximum Gasteiger partial charge on any atom is 0.320 e. The van der Waals surface area contributed by atoms with Gasteiger partial charge in [0.05, 0.1) is 17.8 Å². The second-order valence-electron chi connectivity index (χ2n) is 10.2. The number of cyclic esters (lactones) is 2. The molecule has 0 radical (unpaired) electrons. The molecule has 4 saturated carbocycles. The summed E-state index contributed by atoms with van der Waals surface area (Å²) in [4.78, 5) is 33.9. The maximum atomic E-state index is 11.8. The van der Waals surface area contributed by atoms with E-state index >= 15 is 0 Å². The molecule has 5 rings (SSSR count). The normalized spacial score (nSPS) is 52.2. The van der Waals surface area contributed by atoms with E-state index in [2.05, 4.69) is 27.7 Å². The molecule has 0 aromatic carbocycles. The quantitative estimate of drug-likeness (QED) is 0.557. The number of hydrogen-bond acceptors (Lipinski definition) is 4. The minimum absolute atomic E-state index is 0.0267. The van der Waals surface area contributed by atoms with E-state index in [4.69, 9.17) is 9.84 Å². The van der Waals surface area contributed by atoms with Crippen molar-refractivity contribution in [2.75, 3.05) is 0 Å². The van der Waals surface area contributed by atoms with Crippen molar-refractivity contribution >= 4 is 17.9 Å². The summed E-state index contributed by atoms with van der Waals surface area (Å²) in [7, 11) is 0. The van der Waals surface area contributed by atoms with Crippen molar-refractivity contribution in [2.24, 2.45) is 58.7 Å². The van der Waals surface area contributed by atoms with E-state index in [0.717, 1.165) is 25.2 Å². The summed E-state index contributed by atoms with van der Waals surface area (Å²) in [5.74, 6) is 3.68. The summed E-state index contributed by atoms with van der Waals surface area (Å²) in [5.41, 5.74) is -0.423. The molecule has 1 N–H and O–H groups in total. The topological polar surface area (TPSA) is 80.7 Å². The Balaban J connectivity index is 0.000000137. The molecule has 1 spiro atoms. The van der Waals surface area contributed by atoms with Crippen LogP contribution in [0.5, 0.6) is 0 Å². The SMILES string of the molecule is CC1C2CC(C(=O)O)C(C2)C1C.CC1C2CC(C1C)C1(CC(=O)OC1=O)C2. The largest absolute Gasteiger partial charge is 0.481 e. The highest BCUT2D eigenvalue weighted by Crippen LogP contribution is 2.64. The minimum atomic E-state index is -0.568. The molecule has 1 saturated heterocycles. The summed E-state index contributed by atoms with van der Waals surface area (Å²) >= 11 is 0. The maximum absolute atomic E-state index is 11.8. The Bertz CT molecular complexity index is 668. The Morgan fingerprint density at radius 3 is 2.07 bits per heavy atom. The Labute approximate surface area is 161 Å². The van der Waals surface area contributed by atoms with Crippen LogP contribution >= 0.6 is 0 Å². The lowest BCUT2D eigenvalue weighted by Crippen LogP contribution is -2.38. The zero-order valence-electron chi connectivity index (χ0n) is 16.8. The molecule has 150 valence electrons. The monoisotopic (exact) mass is 376 g/mol. The number of fused-ring (bicyclic) bond motifs is 5. The van der Waals surface area contributed by atoms with Gasteiger partial charge in [0.25, 0.3) is 0 Å². The van der Waals surface area contributed by atoms with Gasteiger partial charge in [0.15, 0.2) is 0 Å². The second-order valence-corrected chi connectivity index (χ2v) is 10.2. The number of carboxylic acids is 1. The average Bonchev–Trinajstić information content (AvgIpc) is 3.36. The van der Waals surface area contributed by atoms with Crippen LogP contribution in [-0.2, 0) is 19.1 Å². The molecule has 5 heteroatoms. The molecule has 4 aliphatic carbocycles. The highest BCUT2D eigenvalue weighted by atomic mass is 16.6. The minimum Gasteiger partial charge on any atom is -0.481 e. The Morgan fingerprint density at radius 2 is 1.63 bits per heavy atom. The van der Waals surface area contributed by atoms with Crippen molar-refractivity contribution in [1.29, 1.82) is 0 Å². The van der Waals surface area contributed by atoms with Crippen LogP contribution in [0.2, 0.25) is 0 Å². The summed E-state index contributed by atoms with van der Waals surface area (Å²) in [6.45, 7) is 8.97. The molecule has 0 aromatic rings. The van der Waals surface area contributed by atoms with E-state index in [0.29, 0.717) is 47.8 Å². The first-order valence-corrected chi connectivity index (χ1v) is 10.6. The van der Waals surface area contributed by atoms with Gasteiger partial charge in [0, 0.05) is 0 Å². The van der Waals surface area contributed by atoms with Gasteiger partial charge in [-0.05, 0) is 73.0 Å². The van der Waals surface area contributed by atoms with Crippen molar-refractivity contribution in [3.63, 3.8) is 0 Å². The molecule has 1 heterocycles. The van der Waals surface area contributed by atoms with Crippen molar-refractivity contribution in [3.8, 4) is 0 Å². The summed E-state index contributed by atoms with van der Waals surface area (Å²) in [6, 6.07) is 0. The van der Waals surface area contributed by atoms with Crippen LogP contribution in [0, 0.1) is 58.7 Å². The number of carbonyl (C=O) groups is 3. The van der Waals surface area contributed by atoms with Crippen LogP contribution in [0.25, 0.3) is 0 Å². The van der Waals surface area contributed by atoms with Gasteiger partial charge in [-0.25, -0.2) is 0 Å². The number of hydrogen-bond donors (Lipinski definition) is 1. The lowest BCUT2D eigenvalue weighted by molar-refractivity contribution is -0.157. The molecular formula is C22H32O5. The highest BCUT2D eigenvalue weighted by molar-refractivity contribution is 5.98. The van der Waals surface area contributed by atoms with E-state index in [-0.39, 0.29) is 17.9 Å². The first-order valence-electron chi connectivity index (χ1n) is 10.6. The van der Waals surface area contributed by atoms with Gasteiger partial charge in [0.1, 0.15) is 0 Å². The van der Waals surface area contributed by atoms with Gasteiger partial charge >= 0.3 is 17.9 Å². The fourth-order valence-electron chi connectivity index (χ4n) is 7.40. The third kappa shape index (κ3) is 2.67. The third-order valence-corrected chi connectivity index (χ3v) is 9.39. The van der Waals surface area contributed by atoms with E-state index in [1.807, 2.05) is 0 Å². The van der Waals surface area contributed by atoms with Crippen molar-refractivity contribution in [1.82, 2.24) is 0 Å². The number of aliphatic carboxylic acids is 1. The molecule has 10 unspecified atom stereocenters. The standard InChI is InChI=1S/C12H16O3.C10H16O2/c1-6-7(2)9-3-8(6)4-12(9)5-10(13)15-11(12)14;1-5-6(2)8-3-7(5)4-9(8)10(11)12/h6-9H,3-5H2,1-2H3;5-9H,3-4H2,1-2H3,(H,11,12). The number of rotatable bonds is 1. The fourth-order valence-corrected chi connectivity index (χ4v) is 7.40. The smallest absolute Gasteiger partial charge is 0.320 e. The zero-order chi connectivity index (χ0) is 19.7. The van der Waals surface area contributed by atoms with Crippen LogP contribution < -0.4 is 0 Å². The third-order valence-electron chi connectivity index (χ3n) is 9.39. The molecular weight excluding hydrogens is 344 g/mol. The number of carbonyl (C=O) groups excluding carboxylic acids is 2. The van der Waals surface area contributed by atoms with Crippen molar-refractivity contribution in [3.05, 3.63) is 0 Å². The van der Waals surface area contributed by atoms with E-state index < -0.39 is 11.4 Å². The predicted octanol–water partition coefficient (Wildman–Crippen LogP) is 3.76. The van der Waals surface area contributed by atoms with Crippen LogP contribution in [0.15, 0.2) is 0 Å². The molecule has 5 fully saturated rings. The van der Waals surface area contributed by atoms with Gasteiger partial charge in [0.2, 0.25) is 0 Å². The number of carboxylic acid groups (broad SMARTS) is 1. The Morgan fingerprint density at radius 1 is 0.963 bits per heavy atom. The van der Waals surface area contributed by atoms with Gasteiger partial charge in [-0.15, -0.1) is 0 Å². The molecule has 0 amide bonds. The van der Waals surface area contributed by atoms with Crippen LogP contribution in [0.4, 0.5) is 0 Å². The summed E-state index contributed by atoms with van der Waals surface area (Å²) < 4.78 is 4.76. The van der Waals surface area contributed by atoms with Crippen LogP contribution in [0.1, 0.15) is 59.8 Å². The molecule has 0 aromatic heterocycles. The lowest BCUT2D eigenvalue weighted by Gasteiger charge is -2.36. The van der Waals surface area contributed by atoms with E-state index in [1.165, 1.54) is 6.42 Å². The van der Waals surface area contributed by atoms with Gasteiger partial charge < -0.3 is 9.84 Å². The van der Waals surface area contributed by atoms with Gasteiger partial charge in [-0.2, -0.15) is 0 Å². The summed E-state index contributed by atoms with van der Waals surface area (Å²) in [5, 5.41) is 8.94. The fraction of sp³-hybridized carbons (Fsp3) is 0.864. The molecule has 5 nitrogen and oxygen atoms in total. The Hall–Kier alpha value is -1.39. The van der Waals surface area contributed by atoms with E-state index in [1.54, 1.807) is 0 Å². The molecule has 4 bridgehead atoms. The molecule has 10 atom stereocenters. The Kier molecular flexibility index (Phi) is 4.43. The molecule has 1 aliphatic heterocycles. The van der Waals surface area contributed by atoms with Gasteiger partial charge in [-0.1, -0.05) is 27.7 Å². The second kappa shape index (κ2) is 6.31. The zero-order valence-corrected chi connectivity index (χ0v) is 16.8. The van der Waals surface area contributed by atoms with Crippen molar-refractivity contribution in [2.45, 2.75) is 59.8 Å². The lowest BCUT2D eigenvalue weighted by atomic mass is 9.65. The van der Waals surface area contributed by atoms with Crippen LogP contribution in [0.3, 0.4) is 0 Å². The van der Waals surface area contributed by atoms with Crippen LogP contribution in [-0.4, -0.2) is 23.0 Å². The first-order chi connectivity index (χ1) is 12.7.